The summed E-state index contributed by atoms with van der Waals surface area (Å²) in [6.45, 7) is 3.09. The number of piperidine rings is 1. The van der Waals surface area contributed by atoms with Crippen molar-refractivity contribution >= 4 is 17.5 Å². The Morgan fingerprint density at radius 3 is 2.75 bits per heavy atom. The van der Waals surface area contributed by atoms with Gasteiger partial charge in [0.2, 0.25) is 0 Å². The van der Waals surface area contributed by atoms with Crippen molar-refractivity contribution in [3.63, 3.8) is 0 Å². The lowest BCUT2D eigenvalue weighted by molar-refractivity contribution is 0.0886. The maximum Gasteiger partial charge on any atom is 0.256 e. The van der Waals surface area contributed by atoms with Crippen LogP contribution >= 0.6 is 11.6 Å². The molecule has 1 aromatic carbocycles. The fraction of sp³-hybridized carbons (Fsp3) is 0.632. The van der Waals surface area contributed by atoms with Crippen LogP contribution < -0.4 is 5.32 Å². The third kappa shape index (κ3) is 4.48. The minimum atomic E-state index is -0.560. The predicted molar refractivity (Wildman–Crippen MR) is 94.9 cm³/mol. The number of benzene rings is 1. The van der Waals surface area contributed by atoms with Crippen molar-refractivity contribution in [1.29, 1.82) is 0 Å². The van der Waals surface area contributed by atoms with Crippen LogP contribution in [0.3, 0.4) is 0 Å². The number of nitrogens with zero attached hydrogens (tertiary/aromatic N) is 1. The lowest BCUT2D eigenvalue weighted by atomic mass is 9.88. The molecule has 1 heterocycles. The van der Waals surface area contributed by atoms with Crippen LogP contribution in [0.15, 0.2) is 18.2 Å². The predicted octanol–water partition coefficient (Wildman–Crippen LogP) is 4.25. The molecule has 1 N–H and O–H groups in total. The summed E-state index contributed by atoms with van der Waals surface area (Å²) in [6.07, 6.45) is 8.76. The van der Waals surface area contributed by atoms with Gasteiger partial charge in [-0.3, -0.25) is 4.79 Å². The van der Waals surface area contributed by atoms with E-state index in [1.165, 1.54) is 44.2 Å². The molecule has 1 aliphatic carbocycles. The zero-order chi connectivity index (χ0) is 16.9. The maximum absolute atomic E-state index is 13.9. The molecule has 132 valence electrons. The normalized spacial score (nSPS) is 23.2. The molecule has 2 aliphatic rings. The van der Waals surface area contributed by atoms with Crippen LogP contribution in [0.25, 0.3) is 0 Å². The number of nitrogens with one attached hydrogen (secondary N) is 1. The van der Waals surface area contributed by atoms with Crippen molar-refractivity contribution < 1.29 is 9.18 Å². The molecule has 0 aromatic heterocycles. The van der Waals surface area contributed by atoms with Crippen LogP contribution in [-0.4, -0.2) is 36.5 Å². The highest BCUT2D eigenvalue weighted by atomic mass is 35.5. The number of hydrogen-bond donors (Lipinski definition) is 1. The highest BCUT2D eigenvalue weighted by Gasteiger charge is 2.26. The lowest BCUT2D eigenvalue weighted by Crippen LogP contribution is -2.49. The summed E-state index contributed by atoms with van der Waals surface area (Å²) in [4.78, 5) is 14.9. The minimum Gasteiger partial charge on any atom is -0.348 e. The van der Waals surface area contributed by atoms with E-state index in [4.69, 9.17) is 11.6 Å². The van der Waals surface area contributed by atoms with Crippen LogP contribution in [-0.2, 0) is 0 Å². The van der Waals surface area contributed by atoms with Gasteiger partial charge in [0.15, 0.2) is 0 Å². The molecule has 1 saturated heterocycles. The SMILES string of the molecule is O=C(N[C@@H]1CCCN(CC2CCCCC2)C1)c1c(F)cccc1Cl. The number of carbonyl (C=O) groups excluding carboxylic acids is 1. The Balaban J connectivity index is 1.56. The summed E-state index contributed by atoms with van der Waals surface area (Å²) >= 11 is 5.99. The zero-order valence-electron chi connectivity index (χ0n) is 14.1. The van der Waals surface area contributed by atoms with E-state index in [0.29, 0.717) is 0 Å². The van der Waals surface area contributed by atoms with E-state index >= 15 is 0 Å². The second-order valence-electron chi connectivity index (χ2n) is 7.17. The molecule has 3 nitrogen and oxygen atoms in total. The molecule has 0 radical (unpaired) electrons. The van der Waals surface area contributed by atoms with E-state index in [-0.39, 0.29) is 16.6 Å². The Morgan fingerprint density at radius 2 is 2.00 bits per heavy atom. The summed E-state index contributed by atoms with van der Waals surface area (Å²) in [5.74, 6) is -0.160. The average Bonchev–Trinajstić information content (AvgIpc) is 2.56. The van der Waals surface area contributed by atoms with Crippen molar-refractivity contribution in [1.82, 2.24) is 10.2 Å². The van der Waals surface area contributed by atoms with E-state index < -0.39 is 11.7 Å². The van der Waals surface area contributed by atoms with Gasteiger partial charge in [0, 0.05) is 19.1 Å². The zero-order valence-corrected chi connectivity index (χ0v) is 14.8. The number of halogens is 2. The van der Waals surface area contributed by atoms with Crippen molar-refractivity contribution in [2.45, 2.75) is 51.0 Å². The van der Waals surface area contributed by atoms with Gasteiger partial charge < -0.3 is 10.2 Å². The van der Waals surface area contributed by atoms with Crippen LogP contribution in [0, 0.1) is 11.7 Å². The summed E-state index contributed by atoms with van der Waals surface area (Å²) in [5, 5.41) is 3.15. The van der Waals surface area contributed by atoms with Crippen LogP contribution in [0.5, 0.6) is 0 Å². The minimum absolute atomic E-state index is 0.0384. The lowest BCUT2D eigenvalue weighted by Gasteiger charge is -2.36. The average molecular weight is 353 g/mol. The molecule has 0 unspecified atom stereocenters. The molecule has 0 spiro atoms. The number of rotatable bonds is 4. The van der Waals surface area contributed by atoms with Gasteiger partial charge in [0.05, 0.1) is 10.6 Å². The second kappa shape index (κ2) is 8.30. The van der Waals surface area contributed by atoms with Crippen molar-refractivity contribution in [3.05, 3.63) is 34.6 Å². The van der Waals surface area contributed by atoms with Gasteiger partial charge >= 0.3 is 0 Å². The summed E-state index contributed by atoms with van der Waals surface area (Å²) < 4.78 is 13.9. The summed E-state index contributed by atoms with van der Waals surface area (Å²) in [6, 6.07) is 4.42. The molecule has 3 rings (SSSR count). The highest BCUT2D eigenvalue weighted by Crippen LogP contribution is 2.26. The number of carbonyl (C=O) groups is 1. The van der Waals surface area contributed by atoms with E-state index in [1.807, 2.05) is 0 Å². The molecule has 0 bridgehead atoms. The molecular formula is C19H26ClFN2O. The van der Waals surface area contributed by atoms with E-state index in [9.17, 15) is 9.18 Å². The topological polar surface area (TPSA) is 32.3 Å². The third-order valence-corrected chi connectivity index (χ3v) is 5.59. The number of hydrogen-bond acceptors (Lipinski definition) is 2. The van der Waals surface area contributed by atoms with Gasteiger partial charge in [-0.1, -0.05) is 36.9 Å². The van der Waals surface area contributed by atoms with E-state index in [1.54, 1.807) is 6.07 Å². The largest absolute Gasteiger partial charge is 0.348 e. The fourth-order valence-electron chi connectivity index (χ4n) is 4.05. The Kier molecular flexibility index (Phi) is 6.12. The molecular weight excluding hydrogens is 327 g/mol. The van der Waals surface area contributed by atoms with Gasteiger partial charge in [-0.15, -0.1) is 0 Å². The smallest absolute Gasteiger partial charge is 0.256 e. The third-order valence-electron chi connectivity index (χ3n) is 5.27. The molecule has 1 aliphatic heterocycles. The number of amides is 1. The molecule has 1 amide bonds. The molecule has 1 atom stereocenters. The summed E-state index contributed by atoms with van der Waals surface area (Å²) in [7, 11) is 0. The Hall–Kier alpha value is -1.13. The highest BCUT2D eigenvalue weighted by molar-refractivity contribution is 6.33. The molecule has 24 heavy (non-hydrogen) atoms. The molecule has 2 fully saturated rings. The van der Waals surface area contributed by atoms with Crippen LogP contribution in [0.2, 0.25) is 5.02 Å². The summed E-state index contributed by atoms with van der Waals surface area (Å²) in [5.41, 5.74) is -0.0384. The Labute approximate surface area is 148 Å². The van der Waals surface area contributed by atoms with Gasteiger partial charge in [0.1, 0.15) is 5.82 Å². The van der Waals surface area contributed by atoms with Crippen LogP contribution in [0.4, 0.5) is 4.39 Å². The van der Waals surface area contributed by atoms with Crippen molar-refractivity contribution in [2.75, 3.05) is 19.6 Å². The quantitative estimate of drug-likeness (QED) is 0.878. The van der Waals surface area contributed by atoms with Gasteiger partial charge in [0.25, 0.3) is 5.91 Å². The fourth-order valence-corrected chi connectivity index (χ4v) is 4.30. The Bertz CT molecular complexity index is 554. The first-order chi connectivity index (χ1) is 11.6. The van der Waals surface area contributed by atoms with Crippen molar-refractivity contribution in [2.24, 2.45) is 5.92 Å². The van der Waals surface area contributed by atoms with Gasteiger partial charge in [-0.25, -0.2) is 4.39 Å². The van der Waals surface area contributed by atoms with E-state index in [2.05, 4.69) is 10.2 Å². The Morgan fingerprint density at radius 1 is 1.21 bits per heavy atom. The first kappa shape index (κ1) is 17.7. The monoisotopic (exact) mass is 352 g/mol. The first-order valence-corrected chi connectivity index (χ1v) is 9.48. The van der Waals surface area contributed by atoms with E-state index in [0.717, 1.165) is 38.4 Å². The molecule has 5 heteroatoms. The van der Waals surface area contributed by atoms with Crippen molar-refractivity contribution in [3.8, 4) is 0 Å². The first-order valence-electron chi connectivity index (χ1n) is 9.10. The number of likely N-dealkylation sites (tertiary alicyclic amines) is 1. The molecule has 1 aromatic rings. The molecule has 1 saturated carbocycles. The maximum atomic E-state index is 13.9. The standard InChI is InChI=1S/C19H26ClFN2O/c20-16-9-4-10-17(21)18(16)19(24)22-15-8-5-11-23(13-15)12-14-6-2-1-3-7-14/h4,9-10,14-15H,1-3,5-8,11-13H2,(H,22,24)/t15-/m1/s1. The van der Waals surface area contributed by atoms with Crippen LogP contribution in [0.1, 0.15) is 55.3 Å². The second-order valence-corrected chi connectivity index (χ2v) is 7.58. The van der Waals surface area contributed by atoms with Gasteiger partial charge in [-0.05, 0) is 50.3 Å². The van der Waals surface area contributed by atoms with Gasteiger partial charge in [-0.2, -0.15) is 0 Å².